The zero-order chi connectivity index (χ0) is 30.8. The molecule has 224 valence electrons. The number of carbonyl (C=O) groups is 1. The summed E-state index contributed by atoms with van der Waals surface area (Å²) in [5.41, 5.74) is 5.90. The van der Waals surface area contributed by atoms with E-state index >= 15 is 0 Å². The fourth-order valence-corrected chi connectivity index (χ4v) is 3.50. The Kier molecular flexibility index (Phi) is 24.2. The number of nitrogens with one attached hydrogen (secondary N) is 1. The molecule has 0 radical (unpaired) electrons. The number of nitrogens with zero attached hydrogens (tertiary/aromatic N) is 1. The Labute approximate surface area is 239 Å². The van der Waals surface area contributed by atoms with E-state index in [-0.39, 0.29) is 6.42 Å². The second kappa shape index (κ2) is 24.8. The van der Waals surface area contributed by atoms with Gasteiger partial charge in [-0.2, -0.15) is 13.2 Å². The van der Waals surface area contributed by atoms with Crippen LogP contribution in [0.3, 0.4) is 0 Å². The van der Waals surface area contributed by atoms with Crippen LogP contribution >= 0.6 is 0 Å². The summed E-state index contributed by atoms with van der Waals surface area (Å²) in [6, 6.07) is 22.6. The second-order valence-corrected chi connectivity index (χ2v) is 8.51. The monoisotopic (exact) mass is 561 g/mol. The summed E-state index contributed by atoms with van der Waals surface area (Å²) in [6.07, 6.45) is 3.94. The van der Waals surface area contributed by atoms with Crippen LogP contribution in [-0.2, 0) is 4.79 Å². The van der Waals surface area contributed by atoms with Crippen LogP contribution in [-0.4, -0.2) is 29.5 Å². The maximum atomic E-state index is 12.3. The molecule has 4 nitrogen and oxygen atoms in total. The molecule has 3 aromatic rings. The summed E-state index contributed by atoms with van der Waals surface area (Å²) >= 11 is 0. The van der Waals surface area contributed by atoms with Gasteiger partial charge in [-0.25, -0.2) is 4.98 Å². The highest BCUT2D eigenvalue weighted by Gasteiger charge is 2.37. The van der Waals surface area contributed by atoms with Gasteiger partial charge in [0.25, 0.3) is 0 Å². The molecule has 7 heteroatoms. The van der Waals surface area contributed by atoms with Crippen LogP contribution in [0.2, 0.25) is 0 Å². The normalized spacial score (nSPS) is 14.1. The van der Waals surface area contributed by atoms with Crippen molar-refractivity contribution < 1.29 is 18.0 Å². The summed E-state index contributed by atoms with van der Waals surface area (Å²) in [4.78, 5) is 16.9. The van der Waals surface area contributed by atoms with Crippen molar-refractivity contribution in [3.8, 4) is 0 Å². The molecule has 0 fully saturated rings. The number of fused-ring (bicyclic) bond motifs is 1. The van der Waals surface area contributed by atoms with Crippen molar-refractivity contribution >= 4 is 18.4 Å². The van der Waals surface area contributed by atoms with Crippen LogP contribution in [0.5, 0.6) is 0 Å². The van der Waals surface area contributed by atoms with E-state index in [4.69, 9.17) is 0 Å². The predicted octanol–water partition coefficient (Wildman–Crippen LogP) is 7.66. The molecule has 3 N–H and O–H groups in total. The minimum absolute atomic E-state index is 0.0125. The number of benzene rings is 2. The van der Waals surface area contributed by atoms with Gasteiger partial charge in [0, 0.05) is 6.42 Å². The first-order valence-electron chi connectivity index (χ1n) is 14.2. The number of aromatic nitrogens is 2. The summed E-state index contributed by atoms with van der Waals surface area (Å²) in [6.45, 7) is 12.4. The molecule has 3 unspecified atom stereocenters. The van der Waals surface area contributed by atoms with E-state index in [1.54, 1.807) is 0 Å². The topological polar surface area (TPSA) is 71.8 Å². The number of hydrogen-bond acceptors (Lipinski definition) is 3. The van der Waals surface area contributed by atoms with Crippen molar-refractivity contribution in [2.24, 2.45) is 17.6 Å². The zero-order valence-electron chi connectivity index (χ0n) is 25.3. The molecule has 3 atom stereocenters. The maximum Gasteiger partial charge on any atom is 0.395 e. The van der Waals surface area contributed by atoms with E-state index in [1.165, 1.54) is 37.5 Å². The lowest BCUT2D eigenvalue weighted by molar-refractivity contribution is -0.155. The van der Waals surface area contributed by atoms with Gasteiger partial charge in [0.15, 0.2) is 0 Å². The Hall–Kier alpha value is -3.19. The Morgan fingerprint density at radius 3 is 1.90 bits per heavy atom. The summed E-state index contributed by atoms with van der Waals surface area (Å²) in [5.74, 6) is -0.255. The molecular weight excluding hydrogens is 511 g/mol. The molecule has 0 bridgehead atoms. The second-order valence-electron chi connectivity index (χ2n) is 8.51. The SMILES string of the molecule is CC.CC.CC(CC=O)CCC(C)c1ccccc1.CN.FC(F)(F)C1C=c2[nH]cnc2=CC1.c1ccccc1. The average Bonchev–Trinajstić information content (AvgIpc) is 3.49. The van der Waals surface area contributed by atoms with Crippen molar-refractivity contribution in [2.75, 3.05) is 7.05 Å². The molecule has 0 saturated carbocycles. The van der Waals surface area contributed by atoms with Crippen molar-refractivity contribution in [3.63, 3.8) is 0 Å². The quantitative estimate of drug-likeness (QED) is 0.304. The molecule has 0 aliphatic heterocycles. The maximum absolute atomic E-state index is 12.3. The molecule has 40 heavy (non-hydrogen) atoms. The van der Waals surface area contributed by atoms with Gasteiger partial charge in [0.1, 0.15) is 6.29 Å². The number of nitrogens with two attached hydrogens (primary N) is 1. The highest BCUT2D eigenvalue weighted by molar-refractivity contribution is 5.49. The summed E-state index contributed by atoms with van der Waals surface area (Å²) < 4.78 is 36.8. The molecule has 1 aliphatic rings. The number of halogens is 3. The number of H-pyrrole nitrogens is 1. The van der Waals surface area contributed by atoms with E-state index in [1.807, 2.05) is 70.2 Å². The van der Waals surface area contributed by atoms with Gasteiger partial charge in [0.05, 0.1) is 22.9 Å². The van der Waals surface area contributed by atoms with Crippen molar-refractivity contribution in [2.45, 2.75) is 79.3 Å². The molecule has 1 heterocycles. The number of hydrogen-bond donors (Lipinski definition) is 2. The van der Waals surface area contributed by atoms with Gasteiger partial charge in [-0.3, -0.25) is 0 Å². The first-order chi connectivity index (χ1) is 19.3. The van der Waals surface area contributed by atoms with E-state index in [0.717, 1.165) is 12.7 Å². The van der Waals surface area contributed by atoms with Gasteiger partial charge >= 0.3 is 6.18 Å². The third-order valence-electron chi connectivity index (χ3n) is 5.68. The van der Waals surface area contributed by atoms with Crippen LogP contribution in [0.15, 0.2) is 73.1 Å². The molecule has 2 aromatic carbocycles. The minimum Gasteiger partial charge on any atom is -0.345 e. The van der Waals surface area contributed by atoms with E-state index in [0.29, 0.717) is 29.0 Å². The van der Waals surface area contributed by atoms with Crippen LogP contribution in [0.4, 0.5) is 13.2 Å². The van der Waals surface area contributed by atoms with Gasteiger partial charge in [-0.1, -0.05) is 114 Å². The Bertz CT molecular complexity index is 1040. The Morgan fingerprint density at radius 1 is 0.925 bits per heavy atom. The first-order valence-corrected chi connectivity index (χ1v) is 14.2. The van der Waals surface area contributed by atoms with Crippen LogP contribution in [0.25, 0.3) is 12.2 Å². The van der Waals surface area contributed by atoms with E-state index in [2.05, 4.69) is 53.8 Å². The Balaban J connectivity index is 0. The fraction of sp³-hybridized carbons (Fsp3) is 0.455. The average molecular weight is 562 g/mol. The lowest BCUT2D eigenvalue weighted by atomic mass is 9.91. The van der Waals surface area contributed by atoms with Gasteiger partial charge in [-0.05, 0) is 49.8 Å². The number of aldehydes is 1. The highest BCUT2D eigenvalue weighted by atomic mass is 19.4. The van der Waals surface area contributed by atoms with Crippen LogP contribution in [0.1, 0.15) is 78.7 Å². The van der Waals surface area contributed by atoms with Crippen molar-refractivity contribution in [3.05, 3.63) is 89.3 Å². The number of imidazole rings is 1. The van der Waals surface area contributed by atoms with Gasteiger partial charge < -0.3 is 15.5 Å². The minimum atomic E-state index is -4.15. The summed E-state index contributed by atoms with van der Waals surface area (Å²) in [7, 11) is 1.50. The van der Waals surface area contributed by atoms with Gasteiger partial charge in [-0.15, -0.1) is 0 Å². The number of carbonyl (C=O) groups excluding carboxylic acids is 1. The van der Waals surface area contributed by atoms with Crippen LogP contribution in [0, 0.1) is 11.8 Å². The standard InChI is InChI=1S/C14H20O.C8H7F3N2.C6H6.2C2H6.CH5N/c1-12(10-11-15)8-9-13(2)14-6-4-3-5-7-14;9-8(10,11)5-1-2-6-7(3-5)13-4-12-6;1-2-4-6-5-3-1;3*1-2/h3-7,11-13H,8-10H2,1-2H3;2-5H,1H2,(H,12,13);1-6H;2*1-2H3;2H2,1H3. The van der Waals surface area contributed by atoms with Crippen molar-refractivity contribution in [1.29, 1.82) is 0 Å². The van der Waals surface area contributed by atoms with Crippen molar-refractivity contribution in [1.82, 2.24) is 9.97 Å². The predicted molar refractivity (Wildman–Crippen MR) is 164 cm³/mol. The molecule has 0 saturated heterocycles. The lowest BCUT2D eigenvalue weighted by Gasteiger charge is -2.15. The molecule has 1 aromatic heterocycles. The third-order valence-corrected chi connectivity index (χ3v) is 5.68. The van der Waals surface area contributed by atoms with E-state index in [9.17, 15) is 18.0 Å². The third kappa shape index (κ3) is 17.4. The smallest absolute Gasteiger partial charge is 0.345 e. The Morgan fingerprint density at radius 2 is 1.43 bits per heavy atom. The molecular formula is C33H50F3N3O. The number of rotatable bonds is 6. The molecule has 1 aliphatic carbocycles. The molecule has 0 spiro atoms. The van der Waals surface area contributed by atoms with Gasteiger partial charge in [0.2, 0.25) is 0 Å². The number of alkyl halides is 3. The zero-order valence-corrected chi connectivity index (χ0v) is 25.3. The summed E-state index contributed by atoms with van der Waals surface area (Å²) in [5, 5.41) is 1.08. The van der Waals surface area contributed by atoms with Crippen LogP contribution < -0.4 is 16.4 Å². The molecule has 0 amide bonds. The van der Waals surface area contributed by atoms with E-state index < -0.39 is 12.1 Å². The first kappa shape index (κ1) is 39.0. The highest BCUT2D eigenvalue weighted by Crippen LogP contribution is 2.30. The fourth-order valence-electron chi connectivity index (χ4n) is 3.50. The number of aromatic amines is 1. The molecule has 4 rings (SSSR count). The largest absolute Gasteiger partial charge is 0.395 e. The lowest BCUT2D eigenvalue weighted by Crippen LogP contribution is -2.33.